The van der Waals surface area contributed by atoms with Gasteiger partial charge in [-0.05, 0) is 84.5 Å². The van der Waals surface area contributed by atoms with E-state index >= 15 is 0 Å². The fourth-order valence-corrected chi connectivity index (χ4v) is 11.4. The molecule has 3 aromatic rings. The average Bonchev–Trinajstić information content (AvgIpc) is 2.71. The molecule has 3 nitrogen and oxygen atoms in total. The van der Waals surface area contributed by atoms with Gasteiger partial charge in [0, 0.05) is 0 Å². The first-order chi connectivity index (χ1) is 13.9. The second-order valence-electron chi connectivity index (χ2n) is 8.66. The fourth-order valence-electron chi connectivity index (χ4n) is 4.04. The van der Waals surface area contributed by atoms with Crippen molar-refractivity contribution < 1.29 is 12.3 Å². The number of hydrogen-bond acceptors (Lipinski definition) is 3. The predicted octanol–water partition coefficient (Wildman–Crippen LogP) is 3.87. The van der Waals surface area contributed by atoms with E-state index in [9.17, 15) is 0 Å². The summed E-state index contributed by atoms with van der Waals surface area (Å²) in [5.41, 5.74) is 3.17. The standard InChI is InChI=1S/C18H16.C4H18O3Si4/c1-3-7-15-13(5-1)9-11-18-16-8-4-2-6-14(16)10-12-17(15)18;1-10(6-9-5-8)7-11(2,3)4/h1,3,5,7,9-12H,2,4,6,8H2;10H,9H2,1-4,8H3. The summed E-state index contributed by atoms with van der Waals surface area (Å²) in [6, 6.07) is 18.0. The Bertz CT molecular complexity index is 956. The third-order valence-electron chi connectivity index (χ3n) is 5.20. The zero-order valence-corrected chi connectivity index (χ0v) is 24.0. The molecule has 29 heavy (non-hydrogen) atoms. The number of hydrogen-bond donors (Lipinski definition) is 0. The van der Waals surface area contributed by atoms with Gasteiger partial charge >= 0.3 is 0 Å². The Balaban J connectivity index is 0.000000191. The summed E-state index contributed by atoms with van der Waals surface area (Å²) in [4.78, 5) is 0. The Kier molecular flexibility index (Phi) is 8.03. The molecular weight excluding hydrogens is 425 g/mol. The highest BCUT2D eigenvalue weighted by Crippen LogP contribution is 2.33. The summed E-state index contributed by atoms with van der Waals surface area (Å²) >= 11 is 0. The molecule has 7 heteroatoms. The lowest BCUT2D eigenvalue weighted by molar-refractivity contribution is 0.404. The van der Waals surface area contributed by atoms with Crippen LogP contribution in [-0.2, 0) is 25.2 Å². The van der Waals surface area contributed by atoms with Crippen LogP contribution in [0.5, 0.6) is 0 Å². The quantitative estimate of drug-likeness (QED) is 0.429. The Morgan fingerprint density at radius 1 is 0.897 bits per heavy atom. The first-order valence-corrected chi connectivity index (χ1v) is 18.1. The van der Waals surface area contributed by atoms with Crippen molar-refractivity contribution in [3.05, 3.63) is 59.7 Å². The topological polar surface area (TPSA) is 27.7 Å². The molecule has 0 saturated carbocycles. The van der Waals surface area contributed by atoms with Crippen molar-refractivity contribution in [3.8, 4) is 0 Å². The molecular formula is C22H34O3Si4. The van der Waals surface area contributed by atoms with Gasteiger partial charge in [-0.25, -0.2) is 0 Å². The van der Waals surface area contributed by atoms with Gasteiger partial charge in [-0.1, -0.05) is 48.5 Å². The van der Waals surface area contributed by atoms with Crippen molar-refractivity contribution in [1.82, 2.24) is 0 Å². The fraction of sp³-hybridized carbons (Fsp3) is 0.364. The summed E-state index contributed by atoms with van der Waals surface area (Å²) in [6.45, 7) is 8.63. The van der Waals surface area contributed by atoms with Gasteiger partial charge in [0.05, 0.1) is 0 Å². The van der Waals surface area contributed by atoms with Crippen molar-refractivity contribution in [2.45, 2.75) is 51.9 Å². The molecule has 0 saturated heterocycles. The Morgan fingerprint density at radius 2 is 1.62 bits per heavy atom. The van der Waals surface area contributed by atoms with Gasteiger partial charge in [0.25, 0.3) is 19.3 Å². The lowest BCUT2D eigenvalue weighted by Gasteiger charge is -2.22. The van der Waals surface area contributed by atoms with E-state index in [1.165, 1.54) is 47.2 Å². The van der Waals surface area contributed by atoms with Crippen LogP contribution in [0.4, 0.5) is 0 Å². The Morgan fingerprint density at radius 3 is 2.38 bits per heavy atom. The first kappa shape index (κ1) is 22.6. The smallest absolute Gasteiger partial charge is 0.298 e. The highest BCUT2D eigenvalue weighted by Gasteiger charge is 2.19. The Hall–Kier alpha value is -1.07. The van der Waals surface area contributed by atoms with E-state index in [2.05, 4.69) is 74.7 Å². The number of aryl methyl sites for hydroxylation is 2. The molecule has 1 aliphatic carbocycles. The summed E-state index contributed by atoms with van der Waals surface area (Å²) in [5.74, 6) is 0. The molecule has 1 aliphatic rings. The zero-order valence-electron chi connectivity index (χ0n) is 18.5. The normalized spacial score (nSPS) is 15.4. The van der Waals surface area contributed by atoms with Crippen LogP contribution in [0.25, 0.3) is 21.5 Å². The predicted molar refractivity (Wildman–Crippen MR) is 136 cm³/mol. The van der Waals surface area contributed by atoms with E-state index in [0.29, 0.717) is 0 Å². The molecule has 1 atom stereocenters. The van der Waals surface area contributed by atoms with Crippen molar-refractivity contribution in [2.24, 2.45) is 0 Å². The Labute approximate surface area is 183 Å². The van der Waals surface area contributed by atoms with Crippen LogP contribution in [0, 0.1) is 0 Å². The van der Waals surface area contributed by atoms with Gasteiger partial charge in [-0.15, -0.1) is 0 Å². The SMILES string of the molecule is C[SiH](O[SiH2]O[SiH3])O[Si](C)(C)C.c1ccc2c(c1)ccc1c3c(ccc12)CCCC3. The van der Waals surface area contributed by atoms with Crippen LogP contribution >= 0.6 is 0 Å². The molecule has 0 aliphatic heterocycles. The molecule has 3 aromatic carbocycles. The minimum absolute atomic E-state index is 0.674. The maximum Gasteiger partial charge on any atom is 0.298 e. The largest absolute Gasteiger partial charge is 0.449 e. The lowest BCUT2D eigenvalue weighted by Crippen LogP contribution is -2.35. The number of rotatable bonds is 5. The second-order valence-corrected chi connectivity index (χ2v) is 18.8. The number of fused-ring (bicyclic) bond motifs is 5. The zero-order chi connectivity index (χ0) is 20.9. The average molecular weight is 459 g/mol. The van der Waals surface area contributed by atoms with E-state index in [0.717, 1.165) is 10.5 Å². The van der Waals surface area contributed by atoms with Crippen molar-refractivity contribution in [1.29, 1.82) is 0 Å². The third kappa shape index (κ3) is 6.21. The molecule has 4 rings (SSSR count). The number of benzene rings is 3. The van der Waals surface area contributed by atoms with Gasteiger partial charge in [-0.3, -0.25) is 0 Å². The van der Waals surface area contributed by atoms with Crippen LogP contribution in [0.2, 0.25) is 26.2 Å². The maximum absolute atomic E-state index is 5.77. The van der Waals surface area contributed by atoms with E-state index in [-0.39, 0.29) is 0 Å². The monoisotopic (exact) mass is 458 g/mol. The summed E-state index contributed by atoms with van der Waals surface area (Å²) in [6.07, 6.45) is 5.22. The van der Waals surface area contributed by atoms with E-state index in [4.69, 9.17) is 12.3 Å². The molecule has 0 N–H and O–H groups in total. The van der Waals surface area contributed by atoms with Crippen molar-refractivity contribution >= 4 is 59.6 Å². The van der Waals surface area contributed by atoms with Gasteiger partial charge in [-0.2, -0.15) is 0 Å². The second kappa shape index (κ2) is 10.3. The van der Waals surface area contributed by atoms with Crippen molar-refractivity contribution in [3.63, 3.8) is 0 Å². The van der Waals surface area contributed by atoms with Gasteiger partial charge in [0.2, 0.25) is 0 Å². The summed E-state index contributed by atoms with van der Waals surface area (Å²) in [7, 11) is -2.55. The van der Waals surface area contributed by atoms with E-state index < -0.39 is 27.6 Å². The molecule has 0 amide bonds. The van der Waals surface area contributed by atoms with E-state index in [1.807, 2.05) is 0 Å². The minimum atomic E-state index is -1.36. The molecule has 0 spiro atoms. The molecule has 1 unspecified atom stereocenters. The highest BCUT2D eigenvalue weighted by atomic mass is 28.4. The van der Waals surface area contributed by atoms with Gasteiger partial charge in [0.1, 0.15) is 10.5 Å². The minimum Gasteiger partial charge on any atom is -0.449 e. The van der Waals surface area contributed by atoms with Crippen LogP contribution in [0.1, 0.15) is 24.0 Å². The molecule has 0 radical (unpaired) electrons. The van der Waals surface area contributed by atoms with E-state index in [1.54, 1.807) is 11.1 Å². The maximum atomic E-state index is 5.77. The van der Waals surface area contributed by atoms with Gasteiger partial charge in [0.15, 0.2) is 8.32 Å². The third-order valence-corrected chi connectivity index (χ3v) is 12.7. The van der Waals surface area contributed by atoms with Crippen LogP contribution in [0.3, 0.4) is 0 Å². The molecule has 0 bridgehead atoms. The molecule has 156 valence electrons. The highest BCUT2D eigenvalue weighted by molar-refractivity contribution is 6.76. The van der Waals surface area contributed by atoms with Gasteiger partial charge < -0.3 is 12.3 Å². The van der Waals surface area contributed by atoms with Crippen LogP contribution < -0.4 is 0 Å². The summed E-state index contributed by atoms with van der Waals surface area (Å²) < 4.78 is 16.3. The van der Waals surface area contributed by atoms with Crippen molar-refractivity contribution in [2.75, 3.05) is 0 Å². The molecule has 0 heterocycles. The van der Waals surface area contributed by atoms with Crippen LogP contribution in [0.15, 0.2) is 48.5 Å². The first-order valence-electron chi connectivity index (χ1n) is 10.6. The molecule has 0 fully saturated rings. The van der Waals surface area contributed by atoms with Crippen LogP contribution in [-0.4, -0.2) is 38.1 Å². The lowest BCUT2D eigenvalue weighted by atomic mass is 9.86. The molecule has 0 aromatic heterocycles. The summed E-state index contributed by atoms with van der Waals surface area (Å²) in [5, 5.41) is 5.64.